The van der Waals surface area contributed by atoms with E-state index in [4.69, 9.17) is 10.5 Å². The van der Waals surface area contributed by atoms with Crippen LogP contribution in [0, 0.1) is 0 Å². The fourth-order valence-electron chi connectivity index (χ4n) is 2.02. The lowest BCUT2D eigenvalue weighted by atomic mass is 10.0. The molecule has 0 heterocycles. The normalized spacial score (nSPS) is 21.2. The molecular weight excluding hydrogens is 278 g/mol. The predicted molar refractivity (Wildman–Crippen MR) is 74.2 cm³/mol. The number of benzene rings is 1. The lowest BCUT2D eigenvalue weighted by Crippen LogP contribution is -2.18. The number of hydrogen-bond acceptors (Lipinski definition) is 2. The van der Waals surface area contributed by atoms with Crippen molar-refractivity contribution in [1.82, 2.24) is 0 Å². The van der Waals surface area contributed by atoms with Crippen molar-refractivity contribution in [3.05, 3.63) is 40.4 Å². The third-order valence-corrected chi connectivity index (χ3v) is 3.44. The lowest BCUT2D eigenvalue weighted by Gasteiger charge is -2.21. The highest BCUT2D eigenvalue weighted by Gasteiger charge is 2.14. The maximum absolute atomic E-state index is 6.02. The van der Waals surface area contributed by atoms with Crippen LogP contribution < -0.4 is 10.5 Å². The van der Waals surface area contributed by atoms with E-state index >= 15 is 0 Å². The highest BCUT2D eigenvalue weighted by Crippen LogP contribution is 2.29. The Hall–Kier alpha value is -0.800. The molecule has 0 bridgehead atoms. The van der Waals surface area contributed by atoms with Gasteiger partial charge >= 0.3 is 0 Å². The third kappa shape index (κ3) is 3.33. The first-order valence-corrected chi connectivity index (χ1v) is 6.84. The summed E-state index contributed by atoms with van der Waals surface area (Å²) in [5.41, 5.74) is 7.02. The second-order valence-electron chi connectivity index (χ2n) is 4.49. The fourth-order valence-corrected chi connectivity index (χ4v) is 2.40. The largest absolute Gasteiger partial charge is 0.486 e. The lowest BCUT2D eigenvalue weighted by molar-refractivity contribution is 0.227. The van der Waals surface area contributed by atoms with Gasteiger partial charge in [-0.15, -0.1) is 0 Å². The van der Waals surface area contributed by atoms with Gasteiger partial charge in [0, 0.05) is 16.1 Å². The molecule has 0 amide bonds. The van der Waals surface area contributed by atoms with Crippen LogP contribution in [0.15, 0.2) is 34.8 Å². The van der Waals surface area contributed by atoms with Crippen LogP contribution in [0.2, 0.25) is 0 Å². The molecule has 1 aliphatic rings. The topological polar surface area (TPSA) is 35.2 Å². The monoisotopic (exact) mass is 295 g/mol. The molecule has 0 aliphatic heterocycles. The maximum atomic E-state index is 6.02. The van der Waals surface area contributed by atoms with Gasteiger partial charge < -0.3 is 10.5 Å². The quantitative estimate of drug-likeness (QED) is 0.857. The van der Waals surface area contributed by atoms with Crippen LogP contribution in [0.1, 0.15) is 37.8 Å². The molecule has 0 saturated carbocycles. The van der Waals surface area contributed by atoms with E-state index in [1.807, 2.05) is 25.1 Å². The molecule has 1 aromatic carbocycles. The molecule has 0 spiro atoms. The number of ether oxygens (including phenoxy) is 1. The molecule has 2 N–H and O–H groups in total. The molecule has 3 heteroatoms. The molecule has 1 aliphatic carbocycles. The molecule has 0 aromatic heterocycles. The molecule has 17 heavy (non-hydrogen) atoms. The van der Waals surface area contributed by atoms with Crippen LogP contribution in [0.5, 0.6) is 5.75 Å². The van der Waals surface area contributed by atoms with Crippen molar-refractivity contribution in [3.8, 4) is 5.75 Å². The summed E-state index contributed by atoms with van der Waals surface area (Å²) < 4.78 is 7.05. The zero-order valence-corrected chi connectivity index (χ0v) is 11.6. The molecule has 2 nitrogen and oxygen atoms in total. The Bertz CT molecular complexity index is 415. The van der Waals surface area contributed by atoms with E-state index in [1.54, 1.807) is 0 Å². The number of hydrogen-bond donors (Lipinski definition) is 1. The molecule has 1 aromatic rings. The van der Waals surface area contributed by atoms with Crippen molar-refractivity contribution in [2.24, 2.45) is 5.73 Å². The number of halogens is 1. The molecule has 92 valence electrons. The summed E-state index contributed by atoms with van der Waals surface area (Å²) in [6, 6.07) is 6.00. The van der Waals surface area contributed by atoms with E-state index < -0.39 is 0 Å². The first-order chi connectivity index (χ1) is 8.16. The third-order valence-electron chi connectivity index (χ3n) is 2.95. The highest BCUT2D eigenvalue weighted by molar-refractivity contribution is 9.10. The first-order valence-electron chi connectivity index (χ1n) is 6.05. The maximum Gasteiger partial charge on any atom is 0.125 e. The summed E-state index contributed by atoms with van der Waals surface area (Å²) in [6.45, 7) is 1.98. The van der Waals surface area contributed by atoms with Gasteiger partial charge in [0.25, 0.3) is 0 Å². The van der Waals surface area contributed by atoms with E-state index in [2.05, 4.69) is 28.1 Å². The van der Waals surface area contributed by atoms with Crippen molar-refractivity contribution in [1.29, 1.82) is 0 Å². The van der Waals surface area contributed by atoms with Gasteiger partial charge in [-0.2, -0.15) is 0 Å². The Kier molecular flexibility index (Phi) is 4.24. The summed E-state index contributed by atoms with van der Waals surface area (Å²) in [7, 11) is 0. The summed E-state index contributed by atoms with van der Waals surface area (Å²) >= 11 is 3.46. The van der Waals surface area contributed by atoms with Crippen LogP contribution >= 0.6 is 15.9 Å². The van der Waals surface area contributed by atoms with E-state index in [-0.39, 0.29) is 12.1 Å². The van der Waals surface area contributed by atoms with Gasteiger partial charge in [-0.05, 0) is 50.5 Å². The Morgan fingerprint density at radius 1 is 1.47 bits per heavy atom. The Morgan fingerprint density at radius 3 is 2.94 bits per heavy atom. The van der Waals surface area contributed by atoms with Gasteiger partial charge in [0.1, 0.15) is 11.9 Å². The van der Waals surface area contributed by atoms with E-state index in [1.165, 1.54) is 12.8 Å². The minimum atomic E-state index is -0.0185. The van der Waals surface area contributed by atoms with Crippen LogP contribution in [0.3, 0.4) is 0 Å². The van der Waals surface area contributed by atoms with E-state index in [0.717, 1.165) is 22.2 Å². The zero-order chi connectivity index (χ0) is 12.3. The smallest absolute Gasteiger partial charge is 0.125 e. The molecule has 1 unspecified atom stereocenters. The summed E-state index contributed by atoms with van der Waals surface area (Å²) in [4.78, 5) is 0. The molecule has 0 saturated heterocycles. The zero-order valence-electron chi connectivity index (χ0n) is 10.0. The van der Waals surface area contributed by atoms with E-state index in [0.29, 0.717) is 0 Å². The Labute approximate surface area is 111 Å². The highest BCUT2D eigenvalue weighted by atomic mass is 79.9. The minimum Gasteiger partial charge on any atom is -0.486 e. The average molecular weight is 296 g/mol. The fraction of sp³-hybridized carbons (Fsp3) is 0.429. The SMILES string of the molecule is C[C@H](N)c1cc(Br)ccc1OC1C=CCCC1. The van der Waals surface area contributed by atoms with Crippen molar-refractivity contribution in [2.75, 3.05) is 0 Å². The van der Waals surface area contributed by atoms with Gasteiger partial charge in [-0.25, -0.2) is 0 Å². The Morgan fingerprint density at radius 2 is 2.29 bits per heavy atom. The second-order valence-corrected chi connectivity index (χ2v) is 5.40. The molecule has 0 radical (unpaired) electrons. The Balaban J connectivity index is 2.19. The minimum absolute atomic E-state index is 0.0185. The number of nitrogens with two attached hydrogens (primary N) is 1. The van der Waals surface area contributed by atoms with Gasteiger partial charge in [-0.1, -0.05) is 22.0 Å². The van der Waals surface area contributed by atoms with Crippen molar-refractivity contribution < 1.29 is 4.74 Å². The van der Waals surface area contributed by atoms with Gasteiger partial charge in [0.2, 0.25) is 0 Å². The van der Waals surface area contributed by atoms with Crippen LogP contribution in [0.25, 0.3) is 0 Å². The number of rotatable bonds is 3. The standard InChI is InChI=1S/C14H18BrNO/c1-10(16)13-9-11(15)7-8-14(13)17-12-5-3-2-4-6-12/h3,5,7-10,12H,2,4,6,16H2,1H3/t10-,12?/m0/s1. The summed E-state index contributed by atoms with van der Waals surface area (Å²) in [5, 5.41) is 0. The van der Waals surface area contributed by atoms with Crippen molar-refractivity contribution in [2.45, 2.75) is 38.3 Å². The van der Waals surface area contributed by atoms with Crippen LogP contribution in [-0.2, 0) is 0 Å². The molecule has 2 atom stereocenters. The van der Waals surface area contributed by atoms with Crippen molar-refractivity contribution >= 4 is 15.9 Å². The average Bonchev–Trinajstić information content (AvgIpc) is 2.32. The van der Waals surface area contributed by atoms with Gasteiger partial charge in [0.15, 0.2) is 0 Å². The molecular formula is C14H18BrNO. The predicted octanol–water partition coefficient (Wildman–Crippen LogP) is 3.96. The number of allylic oxidation sites excluding steroid dienone is 1. The summed E-state index contributed by atoms with van der Waals surface area (Å²) in [6.07, 6.45) is 7.99. The van der Waals surface area contributed by atoms with Crippen LogP contribution in [0.4, 0.5) is 0 Å². The van der Waals surface area contributed by atoms with Gasteiger partial charge in [0.05, 0.1) is 0 Å². The van der Waals surface area contributed by atoms with Crippen LogP contribution in [-0.4, -0.2) is 6.10 Å². The molecule has 2 rings (SSSR count). The first kappa shape index (κ1) is 12.7. The molecule has 0 fully saturated rings. The second kappa shape index (κ2) is 5.69. The van der Waals surface area contributed by atoms with Crippen molar-refractivity contribution in [3.63, 3.8) is 0 Å². The summed E-state index contributed by atoms with van der Waals surface area (Å²) in [5.74, 6) is 0.903. The van der Waals surface area contributed by atoms with Gasteiger partial charge in [-0.3, -0.25) is 0 Å². The van der Waals surface area contributed by atoms with E-state index in [9.17, 15) is 0 Å².